The van der Waals surface area contributed by atoms with E-state index in [0.29, 0.717) is 0 Å². The van der Waals surface area contributed by atoms with Crippen molar-refractivity contribution in [3.05, 3.63) is 35.3 Å². The topological polar surface area (TPSA) is 34.2 Å². The first-order valence-electron chi connectivity index (χ1n) is 5.99. The second kappa shape index (κ2) is 6.23. The molecular formula is C13H13F3N2OS. The molecule has 0 spiro atoms. The maximum absolute atomic E-state index is 12.0. The zero-order valence-corrected chi connectivity index (χ0v) is 11.5. The molecule has 0 bridgehead atoms. The molecule has 1 aromatic carbocycles. The summed E-state index contributed by atoms with van der Waals surface area (Å²) in [6, 6.07) is 5.70. The molecule has 0 saturated carbocycles. The number of aromatic nitrogens is 1. The Hall–Kier alpha value is -1.60. The molecule has 0 unspecified atom stereocenters. The molecular weight excluding hydrogens is 289 g/mol. The third-order valence-corrected chi connectivity index (χ3v) is 3.48. The number of ether oxygens (including phenoxy) is 1. The van der Waals surface area contributed by atoms with Gasteiger partial charge in [0.2, 0.25) is 0 Å². The van der Waals surface area contributed by atoms with Crippen molar-refractivity contribution in [1.29, 1.82) is 0 Å². The van der Waals surface area contributed by atoms with Crippen molar-refractivity contribution < 1.29 is 17.9 Å². The molecule has 2 rings (SSSR count). The Bertz CT molecular complexity index is 551. The number of thiazole rings is 1. The number of alkyl halides is 3. The number of nitrogens with one attached hydrogen (secondary N) is 1. The molecule has 0 saturated heterocycles. The lowest BCUT2D eigenvalue weighted by atomic mass is 10.2. The number of nitrogens with zero attached hydrogens (tertiary/aromatic N) is 1. The van der Waals surface area contributed by atoms with Gasteiger partial charge in [0.25, 0.3) is 0 Å². The van der Waals surface area contributed by atoms with E-state index in [0.717, 1.165) is 28.5 Å². The molecule has 0 aliphatic carbocycles. The lowest BCUT2D eigenvalue weighted by molar-refractivity contribution is -0.274. The Morgan fingerprint density at radius 1 is 1.25 bits per heavy atom. The van der Waals surface area contributed by atoms with Gasteiger partial charge < -0.3 is 10.1 Å². The third-order valence-electron chi connectivity index (χ3n) is 2.44. The Morgan fingerprint density at radius 3 is 2.55 bits per heavy atom. The quantitative estimate of drug-likeness (QED) is 0.911. The van der Waals surface area contributed by atoms with Gasteiger partial charge in [0.1, 0.15) is 10.8 Å². The highest BCUT2D eigenvalue weighted by molar-refractivity contribution is 7.15. The molecule has 108 valence electrons. The highest BCUT2D eigenvalue weighted by Gasteiger charge is 2.30. The number of halogens is 3. The predicted molar refractivity (Wildman–Crippen MR) is 71.6 cm³/mol. The minimum absolute atomic E-state index is 0.231. The van der Waals surface area contributed by atoms with Gasteiger partial charge in [-0.25, -0.2) is 4.98 Å². The van der Waals surface area contributed by atoms with Gasteiger partial charge in [-0.15, -0.1) is 24.5 Å². The molecule has 0 aliphatic rings. The van der Waals surface area contributed by atoms with Gasteiger partial charge in [-0.2, -0.15) is 0 Å². The van der Waals surface area contributed by atoms with E-state index in [2.05, 4.69) is 15.0 Å². The maximum atomic E-state index is 12.0. The summed E-state index contributed by atoms with van der Waals surface area (Å²) in [4.78, 5) is 5.34. The van der Waals surface area contributed by atoms with E-state index in [9.17, 15) is 13.2 Å². The van der Waals surface area contributed by atoms with E-state index in [4.69, 9.17) is 0 Å². The fraction of sp³-hybridized carbons (Fsp3) is 0.308. The van der Waals surface area contributed by atoms with E-state index < -0.39 is 6.36 Å². The lowest BCUT2D eigenvalue weighted by Crippen LogP contribution is -2.16. The summed E-state index contributed by atoms with van der Waals surface area (Å²) in [5, 5.41) is 3.96. The van der Waals surface area contributed by atoms with Gasteiger partial charge in [0, 0.05) is 23.2 Å². The van der Waals surface area contributed by atoms with Gasteiger partial charge in [-0.1, -0.05) is 6.92 Å². The van der Waals surface area contributed by atoms with E-state index in [1.807, 2.05) is 6.92 Å². The van der Waals surface area contributed by atoms with Crippen LogP contribution in [0.3, 0.4) is 0 Å². The maximum Gasteiger partial charge on any atom is 0.573 e. The van der Waals surface area contributed by atoms with Crippen LogP contribution in [0.1, 0.15) is 11.8 Å². The molecule has 0 amide bonds. The number of hydrogen-bond acceptors (Lipinski definition) is 4. The average Bonchev–Trinajstić information content (AvgIpc) is 2.84. The molecule has 1 heterocycles. The normalized spacial score (nSPS) is 11.6. The highest BCUT2D eigenvalue weighted by Crippen LogP contribution is 2.28. The standard InChI is InChI=1S/C13H13F3N2OS/c1-2-17-7-11-8-18-12(20-11)9-3-5-10(6-4-9)19-13(14,15)16/h3-6,8,17H,2,7H2,1H3. The van der Waals surface area contributed by atoms with Crippen molar-refractivity contribution in [2.45, 2.75) is 19.8 Å². The summed E-state index contributed by atoms with van der Waals surface area (Å²) in [5.74, 6) is -0.231. The van der Waals surface area contributed by atoms with Gasteiger partial charge in [-0.3, -0.25) is 0 Å². The van der Waals surface area contributed by atoms with Crippen LogP contribution in [0, 0.1) is 0 Å². The second-order valence-corrected chi connectivity index (χ2v) is 5.10. The Kier molecular flexibility index (Phi) is 4.61. The number of benzene rings is 1. The van der Waals surface area contributed by atoms with E-state index in [1.165, 1.54) is 23.5 Å². The largest absolute Gasteiger partial charge is 0.573 e. The number of hydrogen-bond donors (Lipinski definition) is 1. The molecule has 20 heavy (non-hydrogen) atoms. The first kappa shape index (κ1) is 14.8. The minimum atomic E-state index is -4.66. The van der Waals surface area contributed by atoms with Gasteiger partial charge in [0.05, 0.1) is 0 Å². The summed E-state index contributed by atoms with van der Waals surface area (Å²) in [7, 11) is 0. The van der Waals surface area contributed by atoms with Crippen LogP contribution in [-0.2, 0) is 6.54 Å². The van der Waals surface area contributed by atoms with E-state index in [-0.39, 0.29) is 5.75 Å². The van der Waals surface area contributed by atoms with Crippen molar-refractivity contribution in [3.8, 4) is 16.3 Å². The molecule has 0 radical (unpaired) electrons. The molecule has 1 aromatic heterocycles. The first-order valence-corrected chi connectivity index (χ1v) is 6.81. The van der Waals surface area contributed by atoms with Gasteiger partial charge in [-0.05, 0) is 30.8 Å². The van der Waals surface area contributed by atoms with Crippen molar-refractivity contribution in [2.75, 3.05) is 6.54 Å². The van der Waals surface area contributed by atoms with Crippen LogP contribution >= 0.6 is 11.3 Å². The molecule has 2 aromatic rings. The van der Waals surface area contributed by atoms with Gasteiger partial charge >= 0.3 is 6.36 Å². The molecule has 3 nitrogen and oxygen atoms in total. The fourth-order valence-corrected chi connectivity index (χ4v) is 2.46. The van der Waals surface area contributed by atoms with Crippen LogP contribution in [-0.4, -0.2) is 17.9 Å². The van der Waals surface area contributed by atoms with E-state index in [1.54, 1.807) is 18.3 Å². The molecule has 0 aliphatic heterocycles. The van der Waals surface area contributed by atoms with Crippen molar-refractivity contribution in [3.63, 3.8) is 0 Å². The summed E-state index contributed by atoms with van der Waals surface area (Å²) >= 11 is 1.51. The monoisotopic (exact) mass is 302 g/mol. The van der Waals surface area contributed by atoms with Crippen LogP contribution in [0.4, 0.5) is 13.2 Å². The molecule has 7 heteroatoms. The van der Waals surface area contributed by atoms with Crippen LogP contribution < -0.4 is 10.1 Å². The van der Waals surface area contributed by atoms with Crippen molar-refractivity contribution in [1.82, 2.24) is 10.3 Å². The predicted octanol–water partition coefficient (Wildman–Crippen LogP) is 3.82. The smallest absolute Gasteiger partial charge is 0.406 e. The SMILES string of the molecule is CCNCc1cnc(-c2ccc(OC(F)(F)F)cc2)s1. The van der Waals surface area contributed by atoms with Crippen LogP contribution in [0.2, 0.25) is 0 Å². The average molecular weight is 302 g/mol. The first-order chi connectivity index (χ1) is 9.48. The molecule has 0 atom stereocenters. The highest BCUT2D eigenvalue weighted by atomic mass is 32.1. The minimum Gasteiger partial charge on any atom is -0.406 e. The lowest BCUT2D eigenvalue weighted by Gasteiger charge is -2.08. The van der Waals surface area contributed by atoms with Gasteiger partial charge in [0.15, 0.2) is 0 Å². The summed E-state index contributed by atoms with van der Waals surface area (Å²) < 4.78 is 40.0. The Morgan fingerprint density at radius 2 is 1.95 bits per heavy atom. The molecule has 0 fully saturated rings. The van der Waals surface area contributed by atoms with E-state index >= 15 is 0 Å². The zero-order valence-electron chi connectivity index (χ0n) is 10.7. The van der Waals surface area contributed by atoms with Crippen molar-refractivity contribution >= 4 is 11.3 Å². The van der Waals surface area contributed by atoms with Crippen LogP contribution in [0.25, 0.3) is 10.6 Å². The molecule has 1 N–H and O–H groups in total. The summed E-state index contributed by atoms with van der Waals surface area (Å²) in [5.41, 5.74) is 0.771. The fourth-order valence-electron chi connectivity index (χ4n) is 1.57. The second-order valence-electron chi connectivity index (χ2n) is 3.98. The Labute approximate surface area is 118 Å². The summed E-state index contributed by atoms with van der Waals surface area (Å²) in [6.07, 6.45) is -2.90. The Balaban J connectivity index is 2.07. The number of rotatable bonds is 5. The zero-order chi connectivity index (χ0) is 14.6. The van der Waals surface area contributed by atoms with Crippen LogP contribution in [0.15, 0.2) is 30.5 Å². The third kappa shape index (κ3) is 4.21. The summed E-state index contributed by atoms with van der Waals surface area (Å²) in [6.45, 7) is 3.63. The van der Waals surface area contributed by atoms with Crippen LogP contribution in [0.5, 0.6) is 5.75 Å². The van der Waals surface area contributed by atoms with Crippen molar-refractivity contribution in [2.24, 2.45) is 0 Å².